The number of amides is 1. The molecule has 3 N–H and O–H groups in total. The number of furan rings is 1. The molecule has 8 nitrogen and oxygen atoms in total. The summed E-state index contributed by atoms with van der Waals surface area (Å²) in [6.45, 7) is 2.10. The quantitative estimate of drug-likeness (QED) is 0.339. The van der Waals surface area contributed by atoms with Gasteiger partial charge in [-0.3, -0.25) is 20.2 Å². The maximum absolute atomic E-state index is 12.7. The zero-order valence-corrected chi connectivity index (χ0v) is 14.9. The Balaban J connectivity index is 1.79. The number of rotatable bonds is 9. The Labute approximate surface area is 158 Å². The average Bonchev–Trinajstić information content (AvgIpc) is 3.17. The second-order valence-corrected chi connectivity index (χ2v) is 5.88. The summed E-state index contributed by atoms with van der Waals surface area (Å²) < 4.78 is 43.2. The van der Waals surface area contributed by atoms with Crippen LogP contribution in [0.2, 0.25) is 0 Å². The zero-order chi connectivity index (χ0) is 20.7. The molecule has 0 aliphatic heterocycles. The summed E-state index contributed by atoms with van der Waals surface area (Å²) in [5.41, 5.74) is -1.85. The van der Waals surface area contributed by atoms with Crippen molar-refractivity contribution in [2.45, 2.75) is 19.1 Å². The van der Waals surface area contributed by atoms with Gasteiger partial charge < -0.3 is 15.1 Å². The van der Waals surface area contributed by atoms with Crippen molar-refractivity contribution in [3.63, 3.8) is 0 Å². The molecule has 0 aliphatic carbocycles. The maximum Gasteiger partial charge on any atom is 0.416 e. The van der Waals surface area contributed by atoms with Crippen molar-refractivity contribution in [3.05, 3.63) is 58.0 Å². The smallest absolute Gasteiger partial charge is 0.416 e. The lowest BCUT2D eigenvalue weighted by Crippen LogP contribution is -2.37. The Morgan fingerprint density at radius 2 is 2.04 bits per heavy atom. The molecule has 1 amide bonds. The van der Waals surface area contributed by atoms with E-state index in [9.17, 15) is 28.1 Å². The molecule has 28 heavy (non-hydrogen) atoms. The van der Waals surface area contributed by atoms with Crippen molar-refractivity contribution in [3.8, 4) is 0 Å². The van der Waals surface area contributed by atoms with Crippen LogP contribution in [0.3, 0.4) is 0 Å². The number of nitro benzene ring substituents is 1. The zero-order valence-electron chi connectivity index (χ0n) is 14.9. The molecule has 1 heterocycles. The Bertz CT molecular complexity index is 809. The van der Waals surface area contributed by atoms with Crippen LogP contribution in [0.1, 0.15) is 24.3 Å². The van der Waals surface area contributed by atoms with Gasteiger partial charge in [0.15, 0.2) is 0 Å². The van der Waals surface area contributed by atoms with E-state index in [0.717, 1.165) is 12.1 Å². The second kappa shape index (κ2) is 9.22. The first-order valence-electron chi connectivity index (χ1n) is 8.31. The van der Waals surface area contributed by atoms with E-state index in [1.807, 2.05) is 6.92 Å². The SMILES string of the molecule is C[C@@H](NCC(=O)NCCNc1ccc(C(F)(F)F)cc1[N+](=O)[O-])c1ccco1. The molecular formula is C17H19F3N4O4. The third-order valence-electron chi connectivity index (χ3n) is 3.82. The monoisotopic (exact) mass is 400 g/mol. The lowest BCUT2D eigenvalue weighted by Gasteiger charge is -2.12. The first-order valence-corrected chi connectivity index (χ1v) is 8.31. The van der Waals surface area contributed by atoms with Gasteiger partial charge in [-0.25, -0.2) is 0 Å². The van der Waals surface area contributed by atoms with Gasteiger partial charge in [0.05, 0.1) is 29.3 Å². The lowest BCUT2D eigenvalue weighted by molar-refractivity contribution is -0.384. The second-order valence-electron chi connectivity index (χ2n) is 5.88. The summed E-state index contributed by atoms with van der Waals surface area (Å²) in [6, 6.07) is 5.58. The molecule has 2 aromatic rings. The number of hydrogen-bond donors (Lipinski definition) is 3. The molecule has 2 rings (SSSR count). The number of anilines is 1. The van der Waals surface area contributed by atoms with Crippen molar-refractivity contribution in [1.82, 2.24) is 10.6 Å². The average molecular weight is 400 g/mol. The van der Waals surface area contributed by atoms with Crippen LogP contribution < -0.4 is 16.0 Å². The van der Waals surface area contributed by atoms with Crippen LogP contribution in [0.4, 0.5) is 24.5 Å². The number of nitrogens with zero attached hydrogens (tertiary/aromatic N) is 1. The highest BCUT2D eigenvalue weighted by molar-refractivity contribution is 5.78. The largest absolute Gasteiger partial charge is 0.468 e. The van der Waals surface area contributed by atoms with E-state index in [-0.39, 0.29) is 37.3 Å². The molecule has 152 valence electrons. The number of benzene rings is 1. The summed E-state index contributed by atoms with van der Waals surface area (Å²) in [6.07, 6.45) is -3.14. The summed E-state index contributed by atoms with van der Waals surface area (Å²) in [5, 5.41) is 19.2. The number of halogens is 3. The summed E-state index contributed by atoms with van der Waals surface area (Å²) in [7, 11) is 0. The maximum atomic E-state index is 12.7. The molecule has 0 saturated carbocycles. The van der Waals surface area contributed by atoms with Gasteiger partial charge >= 0.3 is 6.18 Å². The van der Waals surface area contributed by atoms with Gasteiger partial charge in [-0.1, -0.05) is 0 Å². The van der Waals surface area contributed by atoms with Crippen molar-refractivity contribution < 1.29 is 27.3 Å². The van der Waals surface area contributed by atoms with Crippen molar-refractivity contribution in [2.24, 2.45) is 0 Å². The first-order chi connectivity index (χ1) is 13.2. The molecule has 1 aromatic heterocycles. The predicted molar refractivity (Wildman–Crippen MR) is 94.7 cm³/mol. The Morgan fingerprint density at radius 3 is 2.64 bits per heavy atom. The number of nitro groups is 1. The van der Waals surface area contributed by atoms with E-state index < -0.39 is 22.4 Å². The van der Waals surface area contributed by atoms with Crippen LogP contribution in [-0.4, -0.2) is 30.5 Å². The molecule has 0 radical (unpaired) electrons. The molecule has 0 fully saturated rings. The van der Waals surface area contributed by atoms with Gasteiger partial charge in [-0.05, 0) is 31.2 Å². The minimum atomic E-state index is -4.67. The number of alkyl halides is 3. The minimum absolute atomic E-state index is 0.0301. The fourth-order valence-corrected chi connectivity index (χ4v) is 2.35. The van der Waals surface area contributed by atoms with Gasteiger partial charge in [0.1, 0.15) is 11.4 Å². The van der Waals surface area contributed by atoms with Gasteiger partial charge in [0, 0.05) is 19.2 Å². The molecule has 11 heteroatoms. The first kappa shape index (κ1) is 21.2. The standard InChI is InChI=1S/C17H19F3N4O4/c1-11(15-3-2-8-28-15)23-10-16(25)22-7-6-21-13-5-4-12(17(18,19)20)9-14(13)24(26)27/h2-5,8-9,11,21,23H,6-7,10H2,1H3,(H,22,25)/t11-/m1/s1. The molecule has 1 aromatic carbocycles. The lowest BCUT2D eigenvalue weighted by atomic mass is 10.1. The van der Waals surface area contributed by atoms with Crippen LogP contribution >= 0.6 is 0 Å². The number of carbonyl (C=O) groups is 1. The predicted octanol–water partition coefficient (Wildman–Crippen LogP) is 3.09. The highest BCUT2D eigenvalue weighted by Crippen LogP contribution is 2.34. The summed E-state index contributed by atoms with van der Waals surface area (Å²) >= 11 is 0. The summed E-state index contributed by atoms with van der Waals surface area (Å²) in [5.74, 6) is 0.381. The van der Waals surface area contributed by atoms with Crippen LogP contribution in [-0.2, 0) is 11.0 Å². The highest BCUT2D eigenvalue weighted by atomic mass is 19.4. The van der Waals surface area contributed by atoms with Crippen LogP contribution in [0.5, 0.6) is 0 Å². The van der Waals surface area contributed by atoms with Gasteiger partial charge in [-0.15, -0.1) is 0 Å². The van der Waals surface area contributed by atoms with E-state index in [1.165, 1.54) is 6.26 Å². The van der Waals surface area contributed by atoms with E-state index in [4.69, 9.17) is 4.42 Å². The molecule has 1 atom stereocenters. The minimum Gasteiger partial charge on any atom is -0.468 e. The third-order valence-corrected chi connectivity index (χ3v) is 3.82. The Hall–Kier alpha value is -3.08. The molecular weight excluding hydrogens is 381 g/mol. The topological polar surface area (TPSA) is 109 Å². The molecule has 0 bridgehead atoms. The molecule has 0 aliphatic rings. The fourth-order valence-electron chi connectivity index (χ4n) is 2.35. The summed E-state index contributed by atoms with van der Waals surface area (Å²) in [4.78, 5) is 21.9. The molecule has 0 unspecified atom stereocenters. The van der Waals surface area contributed by atoms with E-state index in [0.29, 0.717) is 11.8 Å². The van der Waals surface area contributed by atoms with E-state index >= 15 is 0 Å². The van der Waals surface area contributed by atoms with Crippen LogP contribution in [0.15, 0.2) is 41.0 Å². The van der Waals surface area contributed by atoms with Crippen LogP contribution in [0.25, 0.3) is 0 Å². The van der Waals surface area contributed by atoms with Crippen molar-refractivity contribution in [1.29, 1.82) is 0 Å². The third kappa shape index (κ3) is 5.98. The molecule has 0 spiro atoms. The van der Waals surface area contributed by atoms with E-state index in [2.05, 4.69) is 16.0 Å². The fraction of sp³-hybridized carbons (Fsp3) is 0.353. The van der Waals surface area contributed by atoms with E-state index in [1.54, 1.807) is 12.1 Å². The molecule has 0 saturated heterocycles. The number of nitrogens with one attached hydrogen (secondary N) is 3. The highest BCUT2D eigenvalue weighted by Gasteiger charge is 2.33. The normalized spacial score (nSPS) is 12.4. The van der Waals surface area contributed by atoms with Gasteiger partial charge in [-0.2, -0.15) is 13.2 Å². The van der Waals surface area contributed by atoms with Crippen LogP contribution in [0, 0.1) is 10.1 Å². The Morgan fingerprint density at radius 1 is 1.29 bits per heavy atom. The van der Waals surface area contributed by atoms with Gasteiger partial charge in [0.2, 0.25) is 5.91 Å². The van der Waals surface area contributed by atoms with Crippen molar-refractivity contribution in [2.75, 3.05) is 25.0 Å². The Kier molecular flexibility index (Phi) is 6.99. The van der Waals surface area contributed by atoms with Gasteiger partial charge in [0.25, 0.3) is 5.69 Å². The van der Waals surface area contributed by atoms with Crippen molar-refractivity contribution >= 4 is 17.3 Å². The number of hydrogen-bond acceptors (Lipinski definition) is 6. The number of carbonyl (C=O) groups excluding carboxylic acids is 1.